The van der Waals surface area contributed by atoms with Gasteiger partial charge in [0.15, 0.2) is 0 Å². The van der Waals surface area contributed by atoms with E-state index < -0.39 is 5.78 Å². The average Bonchev–Trinajstić information content (AvgIpc) is 2.05. The van der Waals surface area contributed by atoms with Crippen LogP contribution >= 0.6 is 0 Å². The van der Waals surface area contributed by atoms with Gasteiger partial charge in [-0.3, -0.25) is 9.59 Å². The van der Waals surface area contributed by atoms with Crippen LogP contribution in [0.4, 0.5) is 0 Å². The van der Waals surface area contributed by atoms with Crippen molar-refractivity contribution in [1.29, 1.82) is 0 Å². The summed E-state index contributed by atoms with van der Waals surface area (Å²) in [5.74, 6) is -0.617. The molecule has 10 heavy (non-hydrogen) atoms. The molecule has 0 saturated heterocycles. The summed E-state index contributed by atoms with van der Waals surface area (Å²) >= 11 is 0. The lowest BCUT2D eigenvalue weighted by atomic mass is 10.1. The van der Waals surface area contributed by atoms with E-state index in [1.54, 1.807) is 12.1 Å². The minimum absolute atomic E-state index is 0.355. The maximum absolute atomic E-state index is 10.6. The van der Waals surface area contributed by atoms with Gasteiger partial charge < -0.3 is 0 Å². The molecule has 0 heterocycles. The third-order valence-electron chi connectivity index (χ3n) is 1.07. The molecule has 1 rings (SSSR count). The first-order valence-corrected chi connectivity index (χ1v) is 2.73. The molecule has 1 aromatic carbocycles. The molecule has 0 atom stereocenters. The molecule has 0 N–H and O–H groups in total. The number of Topliss-reactive ketones (excluding diaryl/α,β-unsaturated/α-hetero) is 1. The van der Waals surface area contributed by atoms with Crippen molar-refractivity contribution < 1.29 is 9.59 Å². The Morgan fingerprint density at radius 3 is 2.50 bits per heavy atom. The molecule has 0 saturated carbocycles. The second-order valence-electron chi connectivity index (χ2n) is 1.72. The van der Waals surface area contributed by atoms with Crippen LogP contribution in [0.3, 0.4) is 0 Å². The molecule has 1 aromatic rings. The van der Waals surface area contributed by atoms with Gasteiger partial charge in [-0.1, -0.05) is 24.3 Å². The Hall–Kier alpha value is -1.44. The second kappa shape index (κ2) is 2.92. The van der Waals surface area contributed by atoms with Crippen molar-refractivity contribution in [2.24, 2.45) is 0 Å². The molecular weight excluding hydrogens is 128 g/mol. The summed E-state index contributed by atoms with van der Waals surface area (Å²) in [6.07, 6.45) is 1.28. The summed E-state index contributed by atoms with van der Waals surface area (Å²) in [7, 11) is 0. The molecular formula is C8H4O2. The van der Waals surface area contributed by atoms with Gasteiger partial charge in [-0.25, -0.2) is 0 Å². The Balaban J connectivity index is 2.95. The fraction of sp³-hybridized carbons (Fsp3) is 0. The van der Waals surface area contributed by atoms with E-state index >= 15 is 0 Å². The van der Waals surface area contributed by atoms with Crippen molar-refractivity contribution in [3.63, 3.8) is 0 Å². The average molecular weight is 132 g/mol. The first kappa shape index (κ1) is 6.68. The highest BCUT2D eigenvalue weighted by atomic mass is 16.2. The van der Waals surface area contributed by atoms with Gasteiger partial charge in [0.05, 0.1) is 0 Å². The molecule has 0 fully saturated rings. The van der Waals surface area contributed by atoms with Crippen LogP contribution in [-0.4, -0.2) is 12.1 Å². The van der Waals surface area contributed by atoms with Gasteiger partial charge in [0, 0.05) is 5.56 Å². The zero-order valence-corrected chi connectivity index (χ0v) is 5.13. The molecule has 0 aromatic heterocycles. The second-order valence-corrected chi connectivity index (χ2v) is 1.72. The van der Waals surface area contributed by atoms with Gasteiger partial charge in [-0.05, 0) is 6.07 Å². The SMILES string of the molecule is O=[C]C(=O)c1cc[c]cc1. The summed E-state index contributed by atoms with van der Waals surface area (Å²) in [6.45, 7) is 0. The lowest BCUT2D eigenvalue weighted by molar-refractivity contribution is 0.106. The Labute approximate surface area is 58.5 Å². The normalized spacial score (nSPS) is 8.80. The number of ketones is 1. The zero-order valence-electron chi connectivity index (χ0n) is 5.13. The number of rotatable bonds is 2. The highest BCUT2D eigenvalue weighted by Crippen LogP contribution is 1.96. The van der Waals surface area contributed by atoms with Crippen LogP contribution in [0.1, 0.15) is 10.4 Å². The number of hydrogen-bond acceptors (Lipinski definition) is 2. The summed E-state index contributed by atoms with van der Waals surface area (Å²) in [5.41, 5.74) is 0.355. The van der Waals surface area contributed by atoms with Gasteiger partial charge in [0.1, 0.15) is 0 Å². The molecule has 2 radical (unpaired) electrons. The molecule has 48 valence electrons. The molecule has 2 nitrogen and oxygen atoms in total. The third kappa shape index (κ3) is 1.29. The molecule has 0 bridgehead atoms. The number of carbonyl (C=O) groups is 1. The van der Waals surface area contributed by atoms with Crippen LogP contribution in [0.25, 0.3) is 0 Å². The third-order valence-corrected chi connectivity index (χ3v) is 1.07. The molecule has 0 unspecified atom stereocenters. The van der Waals surface area contributed by atoms with Crippen molar-refractivity contribution in [3.05, 3.63) is 35.9 Å². The minimum atomic E-state index is -0.617. The van der Waals surface area contributed by atoms with Gasteiger partial charge in [-0.15, -0.1) is 0 Å². The highest BCUT2D eigenvalue weighted by Gasteiger charge is 2.01. The van der Waals surface area contributed by atoms with E-state index in [0.717, 1.165) is 0 Å². The highest BCUT2D eigenvalue weighted by molar-refractivity contribution is 6.33. The Bertz CT molecular complexity index is 239. The Morgan fingerprint density at radius 2 is 2.00 bits per heavy atom. The van der Waals surface area contributed by atoms with E-state index in [-0.39, 0.29) is 0 Å². The number of hydrogen-bond donors (Lipinski definition) is 0. The molecule has 0 aliphatic carbocycles. The minimum Gasteiger partial charge on any atom is -0.285 e. The van der Waals surface area contributed by atoms with Crippen molar-refractivity contribution in [2.75, 3.05) is 0 Å². The largest absolute Gasteiger partial charge is 0.285 e. The van der Waals surface area contributed by atoms with Crippen molar-refractivity contribution >= 4 is 12.1 Å². The maximum atomic E-state index is 10.6. The predicted octanol–water partition coefficient (Wildman–Crippen LogP) is 0.779. The van der Waals surface area contributed by atoms with Crippen LogP contribution in [0.2, 0.25) is 0 Å². The Kier molecular flexibility index (Phi) is 1.95. The topological polar surface area (TPSA) is 34.1 Å². The fourth-order valence-corrected chi connectivity index (χ4v) is 0.597. The van der Waals surface area contributed by atoms with E-state index in [1.165, 1.54) is 18.4 Å². The molecule has 0 spiro atoms. The molecule has 0 aliphatic rings. The monoisotopic (exact) mass is 132 g/mol. The lowest BCUT2D eigenvalue weighted by Gasteiger charge is -1.87. The van der Waals surface area contributed by atoms with Gasteiger partial charge >= 0.3 is 0 Å². The van der Waals surface area contributed by atoms with E-state index in [1.807, 2.05) is 0 Å². The summed E-state index contributed by atoms with van der Waals surface area (Å²) < 4.78 is 0. The predicted molar refractivity (Wildman–Crippen MR) is 35.3 cm³/mol. The van der Waals surface area contributed by atoms with Crippen LogP contribution < -0.4 is 0 Å². The van der Waals surface area contributed by atoms with Crippen LogP contribution in [-0.2, 0) is 4.79 Å². The first-order chi connectivity index (χ1) is 4.84. The number of benzene rings is 1. The van der Waals surface area contributed by atoms with Crippen molar-refractivity contribution in [3.8, 4) is 0 Å². The van der Waals surface area contributed by atoms with E-state index in [9.17, 15) is 9.59 Å². The standard InChI is InChI=1S/C8H4O2/c9-6-8(10)7-4-2-1-3-5-7/h2-5H. The van der Waals surface area contributed by atoms with Gasteiger partial charge in [0.2, 0.25) is 5.78 Å². The maximum Gasteiger partial charge on any atom is 0.277 e. The summed E-state index contributed by atoms with van der Waals surface area (Å²) in [6, 6.07) is 8.92. The summed E-state index contributed by atoms with van der Waals surface area (Å²) in [4.78, 5) is 20.4. The van der Waals surface area contributed by atoms with Crippen molar-refractivity contribution in [2.45, 2.75) is 0 Å². The van der Waals surface area contributed by atoms with Crippen molar-refractivity contribution in [1.82, 2.24) is 0 Å². The number of carbonyl (C=O) groups excluding carboxylic acids is 2. The lowest BCUT2D eigenvalue weighted by Crippen LogP contribution is -1.97. The molecule has 0 amide bonds. The van der Waals surface area contributed by atoms with E-state index in [4.69, 9.17) is 0 Å². The van der Waals surface area contributed by atoms with E-state index in [0.29, 0.717) is 5.56 Å². The Morgan fingerprint density at radius 1 is 1.40 bits per heavy atom. The molecule has 0 aliphatic heterocycles. The van der Waals surface area contributed by atoms with Crippen LogP contribution in [0.5, 0.6) is 0 Å². The van der Waals surface area contributed by atoms with Crippen LogP contribution in [0.15, 0.2) is 24.3 Å². The van der Waals surface area contributed by atoms with Gasteiger partial charge in [0.25, 0.3) is 6.29 Å². The fourth-order valence-electron chi connectivity index (χ4n) is 0.597. The van der Waals surface area contributed by atoms with Crippen LogP contribution in [0, 0.1) is 6.07 Å². The summed E-state index contributed by atoms with van der Waals surface area (Å²) in [5, 5.41) is 0. The zero-order chi connectivity index (χ0) is 7.40. The first-order valence-electron chi connectivity index (χ1n) is 2.73. The van der Waals surface area contributed by atoms with Gasteiger partial charge in [-0.2, -0.15) is 0 Å². The quantitative estimate of drug-likeness (QED) is 0.440. The molecule has 2 heteroatoms. The van der Waals surface area contributed by atoms with E-state index in [2.05, 4.69) is 6.07 Å². The smallest absolute Gasteiger partial charge is 0.277 e.